The van der Waals surface area contributed by atoms with Gasteiger partial charge in [-0.25, -0.2) is 9.78 Å². The van der Waals surface area contributed by atoms with Crippen LogP contribution in [0.1, 0.15) is 32.3 Å². The van der Waals surface area contributed by atoms with Gasteiger partial charge < -0.3 is 14.7 Å². The van der Waals surface area contributed by atoms with E-state index < -0.39 is 12.1 Å². The summed E-state index contributed by atoms with van der Waals surface area (Å²) in [6.07, 6.45) is 0.282. The lowest BCUT2D eigenvalue weighted by molar-refractivity contribution is -0.192. The van der Waals surface area contributed by atoms with Crippen LogP contribution in [-0.4, -0.2) is 71.6 Å². The highest BCUT2D eigenvalue weighted by Crippen LogP contribution is 2.29. The fourth-order valence-electron chi connectivity index (χ4n) is 4.65. The summed E-state index contributed by atoms with van der Waals surface area (Å²) in [6, 6.07) is 13.0. The van der Waals surface area contributed by atoms with Crippen molar-refractivity contribution in [1.29, 1.82) is 0 Å². The standard InChI is InChI=1S/C24H31Cl2N3O.C2HF3O2/c1-17(2)23-15-29(22(16-30-23)13-18-3-5-19(25)6-4-18)21-8-11-28(12-9-21)24-14-20(26)7-10-27-24;3-2(4,5)1(6)7/h3-7,10,14,17,21-23H,8-9,11-13,15-16H2,1-2H3;(H,6,7)/t22-,23+;/m0./s1. The SMILES string of the molecule is CC(C)[C@H]1CN(C2CCN(c3cc(Cl)ccn3)CC2)[C@@H](Cc2ccc(Cl)cc2)CO1.O=C(O)C(F)(F)F. The number of pyridine rings is 1. The van der Waals surface area contributed by atoms with Gasteiger partial charge in [-0.1, -0.05) is 49.2 Å². The fraction of sp³-hybridized carbons (Fsp3) is 0.538. The number of carboxylic acid groups (broad SMARTS) is 1. The molecule has 2 aliphatic rings. The average molecular weight is 562 g/mol. The van der Waals surface area contributed by atoms with E-state index in [1.807, 2.05) is 24.3 Å². The van der Waals surface area contributed by atoms with Crippen molar-refractivity contribution < 1.29 is 27.8 Å². The molecule has 0 spiro atoms. The Morgan fingerprint density at radius 3 is 2.30 bits per heavy atom. The van der Waals surface area contributed by atoms with Crippen molar-refractivity contribution in [3.8, 4) is 0 Å². The predicted molar refractivity (Wildman–Crippen MR) is 138 cm³/mol. The van der Waals surface area contributed by atoms with Crippen molar-refractivity contribution in [3.63, 3.8) is 0 Å². The number of aliphatic carboxylic acids is 1. The lowest BCUT2D eigenvalue weighted by Gasteiger charge is -2.47. The maximum atomic E-state index is 10.6. The molecule has 0 unspecified atom stereocenters. The van der Waals surface area contributed by atoms with Gasteiger partial charge in [0.1, 0.15) is 5.82 Å². The lowest BCUT2D eigenvalue weighted by Crippen LogP contribution is -2.58. The van der Waals surface area contributed by atoms with Crippen LogP contribution >= 0.6 is 23.2 Å². The Morgan fingerprint density at radius 2 is 1.76 bits per heavy atom. The fourth-order valence-corrected chi connectivity index (χ4v) is 4.93. The molecule has 1 N–H and O–H groups in total. The van der Waals surface area contributed by atoms with E-state index in [1.54, 1.807) is 6.20 Å². The molecule has 2 atom stereocenters. The summed E-state index contributed by atoms with van der Waals surface area (Å²) >= 11 is 12.2. The number of alkyl halides is 3. The molecule has 2 fully saturated rings. The molecule has 11 heteroatoms. The summed E-state index contributed by atoms with van der Waals surface area (Å²) in [7, 11) is 0. The van der Waals surface area contributed by atoms with Crippen LogP contribution in [0.25, 0.3) is 0 Å². The van der Waals surface area contributed by atoms with Crippen molar-refractivity contribution in [1.82, 2.24) is 9.88 Å². The van der Waals surface area contributed by atoms with Gasteiger partial charge in [-0.15, -0.1) is 0 Å². The van der Waals surface area contributed by atoms with E-state index in [9.17, 15) is 13.2 Å². The first-order valence-electron chi connectivity index (χ1n) is 12.2. The molecule has 1 aromatic heterocycles. The Balaban J connectivity index is 0.000000479. The summed E-state index contributed by atoms with van der Waals surface area (Å²) in [5.74, 6) is -1.24. The van der Waals surface area contributed by atoms with Gasteiger partial charge in [0, 0.05) is 48.0 Å². The van der Waals surface area contributed by atoms with E-state index in [2.05, 4.69) is 40.8 Å². The molecule has 4 rings (SSSR count). The number of carboxylic acids is 1. The highest BCUT2D eigenvalue weighted by molar-refractivity contribution is 6.31. The monoisotopic (exact) mass is 561 g/mol. The summed E-state index contributed by atoms with van der Waals surface area (Å²) in [5.41, 5.74) is 1.32. The third-order valence-electron chi connectivity index (χ3n) is 6.70. The first-order valence-corrected chi connectivity index (χ1v) is 13.0. The molecule has 0 amide bonds. The number of aromatic nitrogens is 1. The zero-order chi connectivity index (χ0) is 27.2. The van der Waals surface area contributed by atoms with Crippen LogP contribution < -0.4 is 4.90 Å². The lowest BCUT2D eigenvalue weighted by atomic mass is 9.94. The minimum atomic E-state index is -5.08. The first-order chi connectivity index (χ1) is 17.4. The van der Waals surface area contributed by atoms with Crippen molar-refractivity contribution >= 4 is 35.0 Å². The molecule has 0 saturated carbocycles. The molecular formula is C26H32Cl2F3N3O3. The second-order valence-electron chi connectivity index (χ2n) is 9.65. The zero-order valence-electron chi connectivity index (χ0n) is 20.8. The Bertz CT molecular complexity index is 1020. The largest absolute Gasteiger partial charge is 0.490 e. The van der Waals surface area contributed by atoms with Gasteiger partial charge in [0.2, 0.25) is 0 Å². The summed E-state index contributed by atoms with van der Waals surface area (Å²) in [4.78, 5) is 18.5. The highest BCUT2D eigenvalue weighted by Gasteiger charge is 2.38. The van der Waals surface area contributed by atoms with Crippen LogP contribution in [-0.2, 0) is 16.0 Å². The van der Waals surface area contributed by atoms with Gasteiger partial charge in [0.15, 0.2) is 0 Å². The van der Waals surface area contributed by atoms with Crippen LogP contribution in [0.4, 0.5) is 19.0 Å². The maximum absolute atomic E-state index is 10.6. The van der Waals surface area contributed by atoms with Gasteiger partial charge in [-0.2, -0.15) is 13.2 Å². The number of hydrogen-bond donors (Lipinski definition) is 1. The highest BCUT2D eigenvalue weighted by atomic mass is 35.5. The number of carbonyl (C=O) groups is 1. The second-order valence-corrected chi connectivity index (χ2v) is 10.5. The van der Waals surface area contributed by atoms with Crippen molar-refractivity contribution in [2.24, 2.45) is 5.92 Å². The van der Waals surface area contributed by atoms with Crippen molar-refractivity contribution in [2.75, 3.05) is 31.1 Å². The third-order valence-corrected chi connectivity index (χ3v) is 7.19. The summed E-state index contributed by atoms with van der Waals surface area (Å²) < 4.78 is 38.0. The van der Waals surface area contributed by atoms with Crippen LogP contribution in [0.2, 0.25) is 10.0 Å². The molecule has 2 aromatic rings. The predicted octanol–water partition coefficient (Wildman–Crippen LogP) is 5.96. The number of morpholine rings is 1. The molecule has 2 aliphatic heterocycles. The molecule has 0 radical (unpaired) electrons. The number of ether oxygens (including phenoxy) is 1. The minimum Gasteiger partial charge on any atom is -0.475 e. The van der Waals surface area contributed by atoms with E-state index in [1.165, 1.54) is 5.56 Å². The van der Waals surface area contributed by atoms with Gasteiger partial charge in [0.25, 0.3) is 0 Å². The van der Waals surface area contributed by atoms with Crippen LogP contribution in [0.5, 0.6) is 0 Å². The third kappa shape index (κ3) is 8.74. The van der Waals surface area contributed by atoms with Crippen LogP contribution in [0.3, 0.4) is 0 Å². The van der Waals surface area contributed by atoms with Crippen LogP contribution in [0, 0.1) is 5.92 Å². The Morgan fingerprint density at radius 1 is 1.14 bits per heavy atom. The van der Waals surface area contributed by atoms with Crippen LogP contribution in [0.15, 0.2) is 42.6 Å². The molecule has 3 heterocycles. The first kappa shape index (κ1) is 29.5. The van der Waals surface area contributed by atoms with Gasteiger partial charge >= 0.3 is 12.1 Å². The van der Waals surface area contributed by atoms with Gasteiger partial charge in [0.05, 0.1) is 12.7 Å². The number of halogens is 5. The summed E-state index contributed by atoms with van der Waals surface area (Å²) in [6.45, 7) is 8.34. The maximum Gasteiger partial charge on any atom is 0.490 e. The van der Waals surface area contributed by atoms with Gasteiger partial charge in [-0.3, -0.25) is 4.90 Å². The second kappa shape index (κ2) is 13.1. The normalized spacial score (nSPS) is 21.5. The quantitative estimate of drug-likeness (QED) is 0.486. The smallest absolute Gasteiger partial charge is 0.475 e. The molecular weight excluding hydrogens is 530 g/mol. The number of piperidine rings is 1. The molecule has 1 aromatic carbocycles. The minimum absolute atomic E-state index is 0.305. The Labute approximate surface area is 225 Å². The molecule has 204 valence electrons. The number of rotatable bonds is 5. The number of benzene rings is 1. The zero-order valence-corrected chi connectivity index (χ0v) is 22.3. The molecule has 6 nitrogen and oxygen atoms in total. The Kier molecular flexibility index (Phi) is 10.5. The molecule has 0 bridgehead atoms. The van der Waals surface area contributed by atoms with E-state index in [0.29, 0.717) is 24.1 Å². The molecule has 37 heavy (non-hydrogen) atoms. The summed E-state index contributed by atoms with van der Waals surface area (Å²) in [5, 5.41) is 8.66. The van der Waals surface area contributed by atoms with E-state index in [4.69, 9.17) is 37.8 Å². The topological polar surface area (TPSA) is 65.9 Å². The van der Waals surface area contributed by atoms with Crippen molar-refractivity contribution in [2.45, 2.75) is 57.5 Å². The molecule has 0 aliphatic carbocycles. The van der Waals surface area contributed by atoms with Crippen molar-refractivity contribution in [3.05, 3.63) is 58.2 Å². The number of nitrogens with zero attached hydrogens (tertiary/aromatic N) is 3. The number of anilines is 1. The Hall–Kier alpha value is -2.07. The average Bonchev–Trinajstić information content (AvgIpc) is 2.85. The van der Waals surface area contributed by atoms with E-state index in [-0.39, 0.29) is 0 Å². The van der Waals surface area contributed by atoms with E-state index >= 15 is 0 Å². The molecule has 2 saturated heterocycles. The number of hydrogen-bond acceptors (Lipinski definition) is 5. The van der Waals surface area contributed by atoms with E-state index in [0.717, 1.165) is 61.4 Å². The van der Waals surface area contributed by atoms with Gasteiger partial charge in [-0.05, 0) is 55.0 Å².